The summed E-state index contributed by atoms with van der Waals surface area (Å²) in [6.07, 6.45) is 31.7. The monoisotopic (exact) mass is 859 g/mol. The van der Waals surface area contributed by atoms with Crippen molar-refractivity contribution in [3.05, 3.63) is 48.6 Å². The Kier molecular flexibility index (Phi) is 34.6. The quantitative estimate of drug-likeness (QED) is 0.0150. The molecule has 0 aromatic heterocycles. The van der Waals surface area contributed by atoms with Crippen LogP contribution in [-0.2, 0) is 27.9 Å². The number of unbranched alkanes of at least 4 members (excludes halogenated alkanes) is 18. The number of esters is 1. The molecular weight excluding hydrogens is 775 g/mol. The second-order valence-corrected chi connectivity index (χ2v) is 17.3. The molecule has 344 valence electrons. The number of phosphoric acid groups is 1. The van der Waals surface area contributed by atoms with E-state index in [4.69, 9.17) is 18.5 Å². The lowest BCUT2D eigenvalue weighted by atomic mass is 9.85. The van der Waals surface area contributed by atoms with E-state index in [-0.39, 0.29) is 13.0 Å². The summed E-state index contributed by atoms with van der Waals surface area (Å²) in [4.78, 5) is 23.1. The van der Waals surface area contributed by atoms with Crippen LogP contribution >= 0.6 is 7.82 Å². The Morgan fingerprint density at radius 2 is 1.00 bits per heavy atom. The zero-order valence-corrected chi connectivity index (χ0v) is 37.4. The van der Waals surface area contributed by atoms with Crippen LogP contribution < -0.4 is 0 Å². The van der Waals surface area contributed by atoms with Gasteiger partial charge in [-0.1, -0.05) is 165 Å². The Hall–Kier alpha value is -1.70. The minimum Gasteiger partial charge on any atom is -0.457 e. The minimum atomic E-state index is -5.02. The number of aliphatic hydroxyl groups excluding tert-OH is 5. The van der Waals surface area contributed by atoms with E-state index in [0.29, 0.717) is 13.0 Å². The van der Waals surface area contributed by atoms with Crippen LogP contribution in [0.15, 0.2) is 48.6 Å². The number of hydrogen-bond donors (Lipinski definition) is 6. The standard InChI is InChI=1S/C46H83O12P/c1-3-5-7-9-11-13-15-17-18-19-20-21-22-23-25-27-29-31-33-35-40(47)57-39(37-55-36-34-32-30-28-26-24-16-14-12-10-8-6-4-2)38-56-59(53,54)58-46-44(51)42(49)41(48)43(50)45(46)52/h5,7,11,13,17-18,20-21,39,41-46,48-52H,3-4,6,8-10,12,14-16,19,22-38H2,1-2H3,(H,53,54)/b7-5-,13-11-,18-17-,21-20-. The molecule has 0 aromatic rings. The zero-order valence-electron chi connectivity index (χ0n) is 36.5. The molecule has 6 atom stereocenters. The van der Waals surface area contributed by atoms with Crippen molar-refractivity contribution >= 4 is 13.8 Å². The fraction of sp³-hybridized carbons (Fsp3) is 0.804. The molecule has 1 aliphatic carbocycles. The van der Waals surface area contributed by atoms with E-state index in [2.05, 4.69) is 62.5 Å². The van der Waals surface area contributed by atoms with Crippen LogP contribution in [0.3, 0.4) is 0 Å². The van der Waals surface area contributed by atoms with Gasteiger partial charge in [-0.25, -0.2) is 4.57 Å². The minimum absolute atomic E-state index is 0.0818. The van der Waals surface area contributed by atoms with Crippen molar-refractivity contribution in [3.63, 3.8) is 0 Å². The van der Waals surface area contributed by atoms with Crippen molar-refractivity contribution in [2.24, 2.45) is 0 Å². The van der Waals surface area contributed by atoms with Crippen molar-refractivity contribution in [2.45, 2.75) is 217 Å². The summed E-state index contributed by atoms with van der Waals surface area (Å²) in [5.74, 6) is -0.491. The maximum absolute atomic E-state index is 12.8. The third kappa shape index (κ3) is 29.3. The Morgan fingerprint density at radius 3 is 1.53 bits per heavy atom. The predicted octanol–water partition coefficient (Wildman–Crippen LogP) is 9.25. The smallest absolute Gasteiger partial charge is 0.457 e. The maximum Gasteiger partial charge on any atom is 0.472 e. The molecule has 13 heteroatoms. The zero-order chi connectivity index (χ0) is 43.4. The summed E-state index contributed by atoms with van der Waals surface area (Å²) in [5.41, 5.74) is 0. The van der Waals surface area contributed by atoms with Gasteiger partial charge in [0.05, 0.1) is 13.2 Å². The second-order valence-electron chi connectivity index (χ2n) is 15.9. The number of phosphoric ester groups is 1. The molecule has 0 aliphatic heterocycles. The van der Waals surface area contributed by atoms with Gasteiger partial charge >= 0.3 is 13.8 Å². The molecular formula is C46H83O12P. The van der Waals surface area contributed by atoms with E-state index in [1.165, 1.54) is 64.2 Å². The van der Waals surface area contributed by atoms with Gasteiger partial charge in [0, 0.05) is 13.0 Å². The number of rotatable bonds is 38. The van der Waals surface area contributed by atoms with Gasteiger partial charge in [0.25, 0.3) is 0 Å². The van der Waals surface area contributed by atoms with Gasteiger partial charge in [-0.2, -0.15) is 0 Å². The summed E-state index contributed by atoms with van der Waals surface area (Å²) in [6.45, 7) is 4.13. The van der Waals surface area contributed by atoms with Crippen LogP contribution in [0.2, 0.25) is 0 Å². The molecule has 6 N–H and O–H groups in total. The van der Waals surface area contributed by atoms with E-state index < -0.39 is 63.1 Å². The van der Waals surface area contributed by atoms with E-state index in [9.17, 15) is 39.8 Å². The Balaban J connectivity index is 2.40. The number of aliphatic hydroxyl groups is 5. The molecule has 12 nitrogen and oxygen atoms in total. The third-order valence-electron chi connectivity index (χ3n) is 10.5. The first-order valence-corrected chi connectivity index (χ1v) is 24.5. The summed E-state index contributed by atoms with van der Waals surface area (Å²) in [6, 6.07) is 0. The first kappa shape index (κ1) is 55.3. The summed E-state index contributed by atoms with van der Waals surface area (Å²) >= 11 is 0. The molecule has 1 rings (SSSR count). The van der Waals surface area contributed by atoms with Crippen LogP contribution in [-0.4, -0.2) is 98.9 Å². The van der Waals surface area contributed by atoms with Crippen LogP contribution in [0.5, 0.6) is 0 Å². The number of carbonyl (C=O) groups is 1. The van der Waals surface area contributed by atoms with Gasteiger partial charge in [0.2, 0.25) is 0 Å². The highest BCUT2D eigenvalue weighted by atomic mass is 31.2. The molecule has 0 saturated heterocycles. The fourth-order valence-electron chi connectivity index (χ4n) is 6.82. The summed E-state index contributed by atoms with van der Waals surface area (Å²) in [5, 5.41) is 50.2. The van der Waals surface area contributed by atoms with Gasteiger partial charge in [-0.15, -0.1) is 0 Å². The normalized spacial score (nSPS) is 22.9. The van der Waals surface area contributed by atoms with Crippen molar-refractivity contribution in [3.8, 4) is 0 Å². The molecule has 59 heavy (non-hydrogen) atoms. The van der Waals surface area contributed by atoms with Crippen molar-refractivity contribution < 1.29 is 58.3 Å². The molecule has 1 saturated carbocycles. The largest absolute Gasteiger partial charge is 0.472 e. The first-order chi connectivity index (χ1) is 28.5. The number of hydrogen-bond acceptors (Lipinski definition) is 11. The van der Waals surface area contributed by atoms with Crippen molar-refractivity contribution in [1.29, 1.82) is 0 Å². The maximum atomic E-state index is 12.8. The molecule has 0 amide bonds. The third-order valence-corrected chi connectivity index (χ3v) is 11.5. The van der Waals surface area contributed by atoms with Crippen LogP contribution in [0, 0.1) is 0 Å². The predicted molar refractivity (Wildman–Crippen MR) is 235 cm³/mol. The molecule has 0 spiro atoms. The molecule has 0 heterocycles. The number of ether oxygens (including phenoxy) is 2. The van der Waals surface area contributed by atoms with E-state index in [1.807, 2.05) is 0 Å². The van der Waals surface area contributed by atoms with Crippen molar-refractivity contribution in [1.82, 2.24) is 0 Å². The Labute approximate surface area is 356 Å². The van der Waals surface area contributed by atoms with Gasteiger partial charge < -0.3 is 39.9 Å². The molecule has 1 aliphatic rings. The van der Waals surface area contributed by atoms with Gasteiger partial charge in [-0.05, 0) is 51.4 Å². The lowest BCUT2D eigenvalue weighted by Gasteiger charge is -2.41. The number of allylic oxidation sites excluding steroid dienone is 8. The Bertz CT molecular complexity index is 1160. The lowest BCUT2D eigenvalue weighted by Crippen LogP contribution is -2.64. The molecule has 0 radical (unpaired) electrons. The first-order valence-electron chi connectivity index (χ1n) is 23.0. The average molecular weight is 859 g/mol. The summed E-state index contributed by atoms with van der Waals surface area (Å²) < 4.78 is 34.2. The molecule has 1 fully saturated rings. The van der Waals surface area contributed by atoms with Gasteiger partial charge in [0.1, 0.15) is 42.7 Å². The highest BCUT2D eigenvalue weighted by molar-refractivity contribution is 7.47. The fourth-order valence-corrected chi connectivity index (χ4v) is 7.79. The highest BCUT2D eigenvalue weighted by Gasteiger charge is 2.51. The number of carbonyl (C=O) groups excluding carboxylic acids is 1. The van der Waals surface area contributed by atoms with Crippen LogP contribution in [0.1, 0.15) is 174 Å². The Morgan fingerprint density at radius 1 is 0.559 bits per heavy atom. The van der Waals surface area contributed by atoms with Crippen LogP contribution in [0.25, 0.3) is 0 Å². The van der Waals surface area contributed by atoms with E-state index in [1.54, 1.807) is 0 Å². The summed E-state index contributed by atoms with van der Waals surface area (Å²) in [7, 11) is -5.02. The van der Waals surface area contributed by atoms with Crippen molar-refractivity contribution in [2.75, 3.05) is 19.8 Å². The lowest BCUT2D eigenvalue weighted by molar-refractivity contribution is -0.220. The molecule has 0 bridgehead atoms. The van der Waals surface area contributed by atoms with Gasteiger partial charge in [0.15, 0.2) is 0 Å². The molecule has 0 aromatic carbocycles. The SMILES string of the molecule is CC/C=C\C/C=C\C/C=C\C/C=C\CCCCCCCCC(=O)OC(COCCCCCCCCCCCCCCC)COP(=O)(O)OC1C(O)C(O)C(O)C(O)C1O. The average Bonchev–Trinajstić information content (AvgIpc) is 3.22. The van der Waals surface area contributed by atoms with Gasteiger partial charge in [-0.3, -0.25) is 13.8 Å². The van der Waals surface area contributed by atoms with E-state index >= 15 is 0 Å². The van der Waals surface area contributed by atoms with E-state index in [0.717, 1.165) is 83.5 Å². The van der Waals surface area contributed by atoms with Crippen LogP contribution in [0.4, 0.5) is 0 Å². The second kappa shape index (κ2) is 36.9. The topological polar surface area (TPSA) is 192 Å². The molecule has 6 unspecified atom stereocenters. The highest BCUT2D eigenvalue weighted by Crippen LogP contribution is 2.47.